The van der Waals surface area contributed by atoms with Gasteiger partial charge in [-0.25, -0.2) is 23.9 Å². The first-order valence-electron chi connectivity index (χ1n) is 13.4. The van der Waals surface area contributed by atoms with E-state index in [-0.39, 0.29) is 43.0 Å². The molecule has 11 heteroatoms. The van der Waals surface area contributed by atoms with Crippen LogP contribution in [0, 0.1) is 11.7 Å². The van der Waals surface area contributed by atoms with Gasteiger partial charge in [0.25, 0.3) is 0 Å². The van der Waals surface area contributed by atoms with Crippen molar-refractivity contribution in [2.75, 3.05) is 29.9 Å². The van der Waals surface area contributed by atoms with Crippen LogP contribution >= 0.6 is 0 Å². The number of rotatable bonds is 8. The highest BCUT2D eigenvalue weighted by Crippen LogP contribution is 2.29. The third-order valence-electron chi connectivity index (χ3n) is 7.01. The highest BCUT2D eigenvalue weighted by Gasteiger charge is 2.42. The van der Waals surface area contributed by atoms with E-state index in [1.165, 1.54) is 4.90 Å². The summed E-state index contributed by atoms with van der Waals surface area (Å²) >= 11 is 0. The quantitative estimate of drug-likeness (QED) is 0.496. The molecule has 3 heterocycles. The van der Waals surface area contributed by atoms with E-state index >= 15 is 0 Å². The van der Waals surface area contributed by atoms with E-state index in [4.69, 9.17) is 14.2 Å². The Labute approximate surface area is 228 Å². The molecule has 212 valence electrons. The summed E-state index contributed by atoms with van der Waals surface area (Å²) in [6.07, 6.45) is 1.19. The number of piperidine rings is 1. The zero-order valence-electron chi connectivity index (χ0n) is 23.2. The van der Waals surface area contributed by atoms with E-state index in [1.807, 2.05) is 65.0 Å². The predicted octanol–water partition coefficient (Wildman–Crippen LogP) is 4.99. The number of carbonyl (C=O) groups excluding carboxylic acids is 2. The zero-order chi connectivity index (χ0) is 28.2. The molecule has 2 aromatic rings. The van der Waals surface area contributed by atoms with Crippen LogP contribution in [0.15, 0.2) is 36.5 Å². The molecule has 2 amide bonds. The Hall–Kier alpha value is -3.47. The van der Waals surface area contributed by atoms with Gasteiger partial charge in [-0.05, 0) is 58.9 Å². The largest absolute Gasteiger partial charge is 0.447 e. The number of hydrogen-bond donors (Lipinski definition) is 1. The van der Waals surface area contributed by atoms with Crippen LogP contribution in [-0.2, 0) is 20.8 Å². The zero-order valence-corrected chi connectivity index (χ0v) is 23.2. The Morgan fingerprint density at radius 3 is 2.56 bits per heavy atom. The lowest BCUT2D eigenvalue weighted by Gasteiger charge is -2.34. The number of hydrogen-bond acceptors (Lipinski definition) is 8. The predicted molar refractivity (Wildman–Crippen MR) is 144 cm³/mol. The van der Waals surface area contributed by atoms with Gasteiger partial charge in [0.15, 0.2) is 11.6 Å². The number of benzene rings is 1. The molecule has 1 unspecified atom stereocenters. The van der Waals surface area contributed by atoms with Gasteiger partial charge >= 0.3 is 12.2 Å². The summed E-state index contributed by atoms with van der Waals surface area (Å²) in [6.45, 7) is 11.1. The Morgan fingerprint density at radius 1 is 1.21 bits per heavy atom. The molecule has 1 N–H and O–H groups in total. The van der Waals surface area contributed by atoms with E-state index in [2.05, 4.69) is 15.3 Å². The Balaban J connectivity index is 1.34. The number of cyclic esters (lactones) is 1. The van der Waals surface area contributed by atoms with E-state index in [0.717, 1.165) is 24.6 Å². The van der Waals surface area contributed by atoms with Gasteiger partial charge in [-0.1, -0.05) is 30.3 Å². The van der Waals surface area contributed by atoms with Gasteiger partial charge in [0, 0.05) is 19.1 Å². The molecular formula is C28H38FN5O5. The molecule has 1 aromatic carbocycles. The maximum absolute atomic E-state index is 14.9. The minimum atomic E-state index is -0.720. The molecule has 4 rings (SSSR count). The fourth-order valence-corrected chi connectivity index (χ4v) is 4.97. The van der Waals surface area contributed by atoms with Gasteiger partial charge in [0.1, 0.15) is 19.3 Å². The van der Waals surface area contributed by atoms with Crippen LogP contribution in [0.25, 0.3) is 0 Å². The number of likely N-dealkylation sites (tertiary alicyclic amines) is 1. The lowest BCUT2D eigenvalue weighted by Crippen LogP contribution is -2.45. The molecule has 10 nitrogen and oxygen atoms in total. The second-order valence-corrected chi connectivity index (χ2v) is 11.1. The van der Waals surface area contributed by atoms with Crippen LogP contribution < -0.4 is 10.2 Å². The summed E-state index contributed by atoms with van der Waals surface area (Å²) < 4.78 is 31.6. The number of carbonyl (C=O) groups is 2. The van der Waals surface area contributed by atoms with E-state index in [0.29, 0.717) is 13.1 Å². The van der Waals surface area contributed by atoms with Gasteiger partial charge in [-0.3, -0.25) is 0 Å². The summed E-state index contributed by atoms with van der Waals surface area (Å²) in [5.41, 5.74) is 0.499. The summed E-state index contributed by atoms with van der Waals surface area (Å²) in [5, 5.41) is 3.26. The number of halogens is 1. The van der Waals surface area contributed by atoms with Gasteiger partial charge < -0.3 is 24.4 Å². The van der Waals surface area contributed by atoms with E-state index in [1.54, 1.807) is 4.90 Å². The Bertz CT molecular complexity index is 1140. The average molecular weight is 544 g/mol. The maximum atomic E-state index is 14.9. The van der Waals surface area contributed by atoms with Crippen molar-refractivity contribution in [3.63, 3.8) is 0 Å². The van der Waals surface area contributed by atoms with Crippen molar-refractivity contribution in [2.45, 2.75) is 77.9 Å². The number of amides is 2. The Morgan fingerprint density at radius 2 is 1.90 bits per heavy atom. The topological polar surface area (TPSA) is 106 Å². The molecule has 0 aliphatic carbocycles. The highest BCUT2D eigenvalue weighted by atomic mass is 19.1. The normalized spacial score (nSPS) is 19.9. The molecule has 2 fully saturated rings. The van der Waals surface area contributed by atoms with Crippen molar-refractivity contribution < 1.29 is 28.2 Å². The van der Waals surface area contributed by atoms with Crippen molar-refractivity contribution in [3.05, 3.63) is 47.9 Å². The monoisotopic (exact) mass is 543 g/mol. The number of nitrogens with zero attached hydrogens (tertiary/aromatic N) is 4. The van der Waals surface area contributed by atoms with Crippen LogP contribution in [0.5, 0.6) is 0 Å². The van der Waals surface area contributed by atoms with E-state index < -0.39 is 29.7 Å². The lowest BCUT2D eigenvalue weighted by atomic mass is 9.90. The highest BCUT2D eigenvalue weighted by molar-refractivity contribution is 5.89. The van der Waals surface area contributed by atoms with E-state index in [9.17, 15) is 14.0 Å². The molecule has 0 saturated carbocycles. The molecule has 0 radical (unpaired) electrons. The van der Waals surface area contributed by atoms with Gasteiger partial charge in [-0.2, -0.15) is 4.98 Å². The first-order valence-corrected chi connectivity index (χ1v) is 13.4. The maximum Gasteiger partial charge on any atom is 0.416 e. The van der Waals surface area contributed by atoms with Crippen molar-refractivity contribution in [1.29, 1.82) is 0 Å². The Kier molecular flexibility index (Phi) is 8.89. The SMILES string of the molecule is C[C@H](Nc1ncc(F)c(N2C(=O)OCC2[C@@H](C)OC(C)(C)C)n1)C1CCN(C(=O)OCc2ccccc2)CC1. The molecular weight excluding hydrogens is 505 g/mol. The standard InChI is InChI=1S/C28H38FN5O5/c1-18(21-11-13-33(14-12-21)26(35)37-16-20-9-7-6-8-10-20)31-25-30-15-22(29)24(32-25)34-23(17-38-27(34)36)19(2)39-28(3,4)5/h6-10,15,18-19,21,23H,11-14,16-17H2,1-5H3,(H,30,31,32)/t18-,19+,23?/m0/s1. The molecule has 2 aliphatic heterocycles. The summed E-state index contributed by atoms with van der Waals surface area (Å²) in [5.74, 6) is -0.411. The number of aromatic nitrogens is 2. The molecule has 0 spiro atoms. The second kappa shape index (κ2) is 12.1. The fraction of sp³-hybridized carbons (Fsp3) is 0.571. The molecule has 2 aliphatic rings. The molecule has 2 saturated heterocycles. The van der Waals surface area contributed by atoms with Crippen LogP contribution in [-0.4, -0.2) is 70.5 Å². The third kappa shape index (κ3) is 7.35. The van der Waals surface area contributed by atoms with Gasteiger partial charge in [-0.15, -0.1) is 0 Å². The summed E-state index contributed by atoms with van der Waals surface area (Å²) in [7, 11) is 0. The number of anilines is 2. The smallest absolute Gasteiger partial charge is 0.416 e. The summed E-state index contributed by atoms with van der Waals surface area (Å²) in [4.78, 5) is 36.4. The fourth-order valence-electron chi connectivity index (χ4n) is 4.97. The molecule has 0 bridgehead atoms. The third-order valence-corrected chi connectivity index (χ3v) is 7.01. The first kappa shape index (κ1) is 28.5. The molecule has 1 aromatic heterocycles. The summed E-state index contributed by atoms with van der Waals surface area (Å²) in [6, 6.07) is 9.00. The van der Waals surface area contributed by atoms with Gasteiger partial charge in [0.05, 0.1) is 17.9 Å². The minimum absolute atomic E-state index is 0.0460. The first-order chi connectivity index (χ1) is 18.5. The molecule has 39 heavy (non-hydrogen) atoms. The van der Waals surface area contributed by atoms with Crippen molar-refractivity contribution in [1.82, 2.24) is 14.9 Å². The van der Waals surface area contributed by atoms with Crippen LogP contribution in [0.4, 0.5) is 25.7 Å². The second-order valence-electron chi connectivity index (χ2n) is 11.1. The number of ether oxygens (including phenoxy) is 3. The van der Waals surface area contributed by atoms with Crippen LogP contribution in [0.1, 0.15) is 53.0 Å². The number of nitrogens with one attached hydrogen (secondary N) is 1. The van der Waals surface area contributed by atoms with Crippen LogP contribution in [0.2, 0.25) is 0 Å². The lowest BCUT2D eigenvalue weighted by molar-refractivity contribution is -0.0618. The van der Waals surface area contributed by atoms with Crippen LogP contribution in [0.3, 0.4) is 0 Å². The van der Waals surface area contributed by atoms with Gasteiger partial charge in [0.2, 0.25) is 5.95 Å². The van der Waals surface area contributed by atoms with Crippen molar-refractivity contribution >= 4 is 24.0 Å². The average Bonchev–Trinajstić information content (AvgIpc) is 3.29. The van der Waals surface area contributed by atoms with Crippen molar-refractivity contribution in [2.24, 2.45) is 5.92 Å². The minimum Gasteiger partial charge on any atom is -0.447 e. The molecule has 3 atom stereocenters. The van der Waals surface area contributed by atoms with Crippen molar-refractivity contribution in [3.8, 4) is 0 Å².